The first-order valence-corrected chi connectivity index (χ1v) is 9.92. The minimum absolute atomic E-state index is 0.237. The number of halogens is 1. The van der Waals surface area contributed by atoms with Gasteiger partial charge in [-0.15, -0.1) is 0 Å². The summed E-state index contributed by atoms with van der Waals surface area (Å²) in [5.74, 6) is -0.274. The molecule has 0 bridgehead atoms. The van der Waals surface area contributed by atoms with E-state index in [1.54, 1.807) is 31.3 Å². The van der Waals surface area contributed by atoms with E-state index in [1.807, 2.05) is 30.3 Å². The van der Waals surface area contributed by atoms with Crippen molar-refractivity contribution in [1.82, 2.24) is 4.90 Å². The third kappa shape index (κ3) is 5.07. The number of anilines is 1. The van der Waals surface area contributed by atoms with Crippen LogP contribution in [-0.4, -0.2) is 39.1 Å². The standard InChI is InChI=1S/C17H19BrN2O3S/c1-19(12-14-7-4-3-5-8-14)17(21)13-20(24(2,22)23)16-10-6-9-15(18)11-16/h3-11H,12-13H2,1-2H3. The Hall–Kier alpha value is -1.86. The van der Waals surface area contributed by atoms with Crippen molar-refractivity contribution in [2.24, 2.45) is 0 Å². The Morgan fingerprint density at radius 1 is 1.08 bits per heavy atom. The van der Waals surface area contributed by atoms with Crippen molar-refractivity contribution in [3.63, 3.8) is 0 Å². The molecule has 0 heterocycles. The lowest BCUT2D eigenvalue weighted by molar-refractivity contribution is -0.128. The molecule has 2 aromatic rings. The minimum Gasteiger partial charge on any atom is -0.340 e. The molecule has 0 saturated heterocycles. The zero-order valence-electron chi connectivity index (χ0n) is 13.5. The highest BCUT2D eigenvalue weighted by atomic mass is 79.9. The lowest BCUT2D eigenvalue weighted by Gasteiger charge is -2.25. The number of carbonyl (C=O) groups excluding carboxylic acids is 1. The van der Waals surface area contributed by atoms with Crippen LogP contribution in [0, 0.1) is 0 Å². The van der Waals surface area contributed by atoms with Gasteiger partial charge in [0, 0.05) is 18.1 Å². The van der Waals surface area contributed by atoms with Gasteiger partial charge in [-0.05, 0) is 23.8 Å². The van der Waals surface area contributed by atoms with Gasteiger partial charge in [0.05, 0.1) is 11.9 Å². The quantitative estimate of drug-likeness (QED) is 0.735. The smallest absolute Gasteiger partial charge is 0.243 e. The molecule has 24 heavy (non-hydrogen) atoms. The molecule has 0 aliphatic rings. The minimum atomic E-state index is -3.57. The van der Waals surface area contributed by atoms with Crippen LogP contribution >= 0.6 is 15.9 Å². The van der Waals surface area contributed by atoms with E-state index < -0.39 is 10.0 Å². The van der Waals surface area contributed by atoms with Crippen LogP contribution in [0.5, 0.6) is 0 Å². The van der Waals surface area contributed by atoms with E-state index in [2.05, 4.69) is 15.9 Å². The average Bonchev–Trinajstić information content (AvgIpc) is 2.52. The van der Waals surface area contributed by atoms with Crippen LogP contribution in [0.3, 0.4) is 0 Å². The zero-order chi connectivity index (χ0) is 17.7. The summed E-state index contributed by atoms with van der Waals surface area (Å²) in [6, 6.07) is 16.4. The van der Waals surface area contributed by atoms with E-state index in [-0.39, 0.29) is 12.5 Å². The summed E-state index contributed by atoms with van der Waals surface area (Å²) in [7, 11) is -1.91. The summed E-state index contributed by atoms with van der Waals surface area (Å²) in [6.07, 6.45) is 1.10. The van der Waals surface area contributed by atoms with Gasteiger partial charge in [-0.3, -0.25) is 9.10 Å². The number of hydrogen-bond acceptors (Lipinski definition) is 3. The average molecular weight is 411 g/mol. The van der Waals surface area contributed by atoms with Crippen LogP contribution in [0.1, 0.15) is 5.56 Å². The number of hydrogen-bond donors (Lipinski definition) is 0. The summed E-state index contributed by atoms with van der Waals surface area (Å²) in [6.45, 7) is 0.189. The second-order valence-electron chi connectivity index (χ2n) is 5.48. The van der Waals surface area contributed by atoms with Crippen LogP contribution < -0.4 is 4.31 Å². The summed E-state index contributed by atoms with van der Waals surface area (Å²) in [5, 5.41) is 0. The predicted molar refractivity (Wildman–Crippen MR) is 99.2 cm³/mol. The van der Waals surface area contributed by atoms with Gasteiger partial charge < -0.3 is 4.90 Å². The molecule has 7 heteroatoms. The number of benzene rings is 2. The number of carbonyl (C=O) groups is 1. The predicted octanol–water partition coefficient (Wildman–Crippen LogP) is 2.87. The summed E-state index contributed by atoms with van der Waals surface area (Å²) >= 11 is 3.32. The van der Waals surface area contributed by atoms with E-state index in [4.69, 9.17) is 0 Å². The van der Waals surface area contributed by atoms with Crippen molar-refractivity contribution >= 4 is 37.5 Å². The molecule has 0 fully saturated rings. The topological polar surface area (TPSA) is 57.7 Å². The first-order chi connectivity index (χ1) is 11.3. The van der Waals surface area contributed by atoms with Gasteiger partial charge in [0.15, 0.2) is 0 Å². The Morgan fingerprint density at radius 2 is 1.75 bits per heavy atom. The van der Waals surface area contributed by atoms with Crippen LogP contribution in [0.15, 0.2) is 59.1 Å². The Morgan fingerprint density at radius 3 is 2.33 bits per heavy atom. The Bertz CT molecular complexity index is 810. The van der Waals surface area contributed by atoms with Crippen LogP contribution in [0.2, 0.25) is 0 Å². The fourth-order valence-corrected chi connectivity index (χ4v) is 3.45. The first-order valence-electron chi connectivity index (χ1n) is 7.28. The summed E-state index contributed by atoms with van der Waals surface area (Å²) in [5.41, 5.74) is 1.44. The van der Waals surface area contributed by atoms with Gasteiger partial charge in [0.2, 0.25) is 15.9 Å². The second-order valence-corrected chi connectivity index (χ2v) is 8.31. The summed E-state index contributed by atoms with van der Waals surface area (Å²) in [4.78, 5) is 14.0. The largest absolute Gasteiger partial charge is 0.340 e. The van der Waals surface area contributed by atoms with Crippen molar-refractivity contribution in [3.8, 4) is 0 Å². The molecule has 2 aromatic carbocycles. The van der Waals surface area contributed by atoms with Crippen LogP contribution in [0.25, 0.3) is 0 Å². The second kappa shape index (κ2) is 7.81. The number of rotatable bonds is 6. The van der Waals surface area contributed by atoms with Crippen molar-refractivity contribution in [2.75, 3.05) is 24.2 Å². The molecular weight excluding hydrogens is 392 g/mol. The molecule has 0 saturated carbocycles. The van der Waals surface area contributed by atoms with Gasteiger partial charge in [-0.1, -0.05) is 52.3 Å². The Labute approximate surface area is 151 Å². The fourth-order valence-electron chi connectivity index (χ4n) is 2.22. The third-order valence-electron chi connectivity index (χ3n) is 3.46. The Kier molecular flexibility index (Phi) is 6.01. The monoisotopic (exact) mass is 410 g/mol. The van der Waals surface area contributed by atoms with Crippen molar-refractivity contribution < 1.29 is 13.2 Å². The van der Waals surface area contributed by atoms with Gasteiger partial charge in [-0.25, -0.2) is 8.42 Å². The van der Waals surface area contributed by atoms with Gasteiger partial charge >= 0.3 is 0 Å². The van der Waals surface area contributed by atoms with Gasteiger partial charge in [-0.2, -0.15) is 0 Å². The van der Waals surface area contributed by atoms with Gasteiger partial charge in [0.1, 0.15) is 6.54 Å². The first kappa shape index (κ1) is 18.5. The number of nitrogens with zero attached hydrogens (tertiary/aromatic N) is 2. The number of sulfonamides is 1. The SMILES string of the molecule is CN(Cc1ccccc1)C(=O)CN(c1cccc(Br)c1)S(C)(=O)=O. The normalized spacial score (nSPS) is 11.1. The zero-order valence-corrected chi connectivity index (χ0v) is 15.9. The maximum atomic E-state index is 12.5. The van der Waals surface area contributed by atoms with E-state index in [0.29, 0.717) is 12.2 Å². The van der Waals surface area contributed by atoms with E-state index in [0.717, 1.165) is 20.6 Å². The molecule has 0 aliphatic heterocycles. The molecule has 5 nitrogen and oxygen atoms in total. The van der Waals surface area contributed by atoms with E-state index in [1.165, 1.54) is 4.90 Å². The molecule has 0 aliphatic carbocycles. The molecule has 128 valence electrons. The summed E-state index contributed by atoms with van der Waals surface area (Å²) < 4.78 is 26.1. The maximum absolute atomic E-state index is 12.5. The molecule has 0 spiro atoms. The van der Waals surface area contributed by atoms with Crippen molar-refractivity contribution in [1.29, 1.82) is 0 Å². The van der Waals surface area contributed by atoms with E-state index >= 15 is 0 Å². The van der Waals surface area contributed by atoms with Crippen molar-refractivity contribution in [3.05, 3.63) is 64.6 Å². The highest BCUT2D eigenvalue weighted by molar-refractivity contribution is 9.10. The maximum Gasteiger partial charge on any atom is 0.243 e. The Balaban J connectivity index is 2.16. The van der Waals surface area contributed by atoms with Crippen LogP contribution in [-0.2, 0) is 21.4 Å². The molecule has 2 rings (SSSR count). The molecule has 0 aromatic heterocycles. The number of amides is 1. The molecule has 0 N–H and O–H groups in total. The lowest BCUT2D eigenvalue weighted by atomic mass is 10.2. The number of likely N-dealkylation sites (N-methyl/N-ethyl adjacent to an activating group) is 1. The highest BCUT2D eigenvalue weighted by Gasteiger charge is 2.22. The molecule has 0 unspecified atom stereocenters. The van der Waals surface area contributed by atoms with Crippen LogP contribution in [0.4, 0.5) is 5.69 Å². The lowest BCUT2D eigenvalue weighted by Crippen LogP contribution is -2.41. The highest BCUT2D eigenvalue weighted by Crippen LogP contribution is 2.22. The molecule has 1 amide bonds. The molecule has 0 atom stereocenters. The van der Waals surface area contributed by atoms with E-state index in [9.17, 15) is 13.2 Å². The van der Waals surface area contributed by atoms with Gasteiger partial charge in [0.25, 0.3) is 0 Å². The molecule has 0 radical (unpaired) electrons. The fraction of sp³-hybridized carbons (Fsp3) is 0.235. The third-order valence-corrected chi connectivity index (χ3v) is 5.10. The van der Waals surface area contributed by atoms with Crippen molar-refractivity contribution in [2.45, 2.75) is 6.54 Å². The molecular formula is C17H19BrN2O3S.